The number of hydrogen-bond acceptors (Lipinski definition) is 4. The average Bonchev–Trinajstić information content (AvgIpc) is 2.67. The van der Waals surface area contributed by atoms with E-state index in [2.05, 4.69) is 0 Å². The van der Waals surface area contributed by atoms with Gasteiger partial charge in [-0.15, -0.1) is 0 Å². The topological polar surface area (TPSA) is 66.9 Å². The van der Waals surface area contributed by atoms with Crippen LogP contribution in [-0.2, 0) is 21.3 Å². The number of carbonyl (C=O) groups is 1. The summed E-state index contributed by atoms with van der Waals surface area (Å²) in [4.78, 5) is 14.2. The molecule has 3 rings (SSSR count). The highest BCUT2D eigenvalue weighted by molar-refractivity contribution is 7.92. The number of hydrogen-bond donors (Lipinski definition) is 0. The van der Waals surface area contributed by atoms with Crippen molar-refractivity contribution in [2.24, 2.45) is 0 Å². The second-order valence-electron chi connectivity index (χ2n) is 6.35. The number of carbonyl (C=O) groups excluding carboxylic acids is 1. The van der Waals surface area contributed by atoms with Crippen LogP contribution < -0.4 is 4.31 Å². The lowest BCUT2D eigenvalue weighted by Gasteiger charge is -2.27. The Labute approximate surface area is 158 Å². The largest absolute Gasteiger partial charge is 0.378 e. The van der Waals surface area contributed by atoms with Gasteiger partial charge in [-0.3, -0.25) is 9.10 Å². The quantitative estimate of drug-likeness (QED) is 0.783. The summed E-state index contributed by atoms with van der Waals surface area (Å²) in [6, 6.07) is 12.1. The maximum absolute atomic E-state index is 13.1. The van der Waals surface area contributed by atoms with Crippen molar-refractivity contribution in [3.05, 3.63) is 65.5 Å². The molecule has 1 saturated heterocycles. The Morgan fingerprint density at radius 3 is 2.22 bits per heavy atom. The van der Waals surface area contributed by atoms with Crippen LogP contribution in [0.3, 0.4) is 0 Å². The van der Waals surface area contributed by atoms with Crippen molar-refractivity contribution in [3.8, 4) is 0 Å². The molecule has 2 aromatic carbocycles. The van der Waals surface area contributed by atoms with Gasteiger partial charge in [-0.1, -0.05) is 12.1 Å². The molecular formula is C19H21FN2O4S. The fourth-order valence-corrected chi connectivity index (χ4v) is 3.76. The third-order valence-electron chi connectivity index (χ3n) is 4.34. The molecule has 0 spiro atoms. The SMILES string of the molecule is CS(=O)(=O)N(Cc1ccc(F)cc1)c1ccc(C(=O)N2CCOCC2)cc1. The highest BCUT2D eigenvalue weighted by Gasteiger charge is 2.21. The standard InChI is InChI=1S/C19H21FN2O4S/c1-27(24,25)22(14-15-2-6-17(20)7-3-15)18-8-4-16(5-9-18)19(23)21-10-12-26-13-11-21/h2-9H,10-14H2,1H3. The van der Waals surface area contributed by atoms with Gasteiger partial charge in [0.2, 0.25) is 10.0 Å². The summed E-state index contributed by atoms with van der Waals surface area (Å²) in [7, 11) is -3.55. The molecule has 2 aromatic rings. The minimum Gasteiger partial charge on any atom is -0.378 e. The molecule has 0 atom stereocenters. The summed E-state index contributed by atoms with van der Waals surface area (Å²) in [6.45, 7) is 2.20. The molecule has 0 N–H and O–H groups in total. The third kappa shape index (κ3) is 4.84. The number of morpholine rings is 1. The Balaban J connectivity index is 1.80. The second kappa shape index (κ2) is 8.06. The van der Waals surface area contributed by atoms with E-state index >= 15 is 0 Å². The first-order valence-corrected chi connectivity index (χ1v) is 10.4. The van der Waals surface area contributed by atoms with Crippen LogP contribution in [0.5, 0.6) is 0 Å². The van der Waals surface area contributed by atoms with Crippen molar-refractivity contribution >= 4 is 21.6 Å². The van der Waals surface area contributed by atoms with Crippen molar-refractivity contribution in [2.45, 2.75) is 6.54 Å². The van der Waals surface area contributed by atoms with E-state index in [9.17, 15) is 17.6 Å². The van der Waals surface area contributed by atoms with Crippen LogP contribution in [0.15, 0.2) is 48.5 Å². The van der Waals surface area contributed by atoms with Crippen LogP contribution in [-0.4, -0.2) is 51.8 Å². The van der Waals surface area contributed by atoms with Gasteiger partial charge in [0, 0.05) is 18.7 Å². The Kier molecular flexibility index (Phi) is 5.76. The molecule has 1 fully saturated rings. The molecule has 0 bridgehead atoms. The van der Waals surface area contributed by atoms with Crippen molar-refractivity contribution in [1.82, 2.24) is 4.90 Å². The van der Waals surface area contributed by atoms with Crippen LogP contribution >= 0.6 is 0 Å². The van der Waals surface area contributed by atoms with Gasteiger partial charge in [-0.25, -0.2) is 12.8 Å². The lowest BCUT2D eigenvalue weighted by molar-refractivity contribution is 0.0303. The van der Waals surface area contributed by atoms with Crippen LogP contribution in [0.4, 0.5) is 10.1 Å². The van der Waals surface area contributed by atoms with Gasteiger partial charge in [0.1, 0.15) is 5.82 Å². The van der Waals surface area contributed by atoms with Gasteiger partial charge in [0.15, 0.2) is 0 Å². The lowest BCUT2D eigenvalue weighted by Crippen LogP contribution is -2.40. The first-order chi connectivity index (χ1) is 12.8. The molecule has 0 aliphatic carbocycles. The van der Waals surface area contributed by atoms with E-state index in [0.29, 0.717) is 43.1 Å². The fourth-order valence-electron chi connectivity index (χ4n) is 2.87. The van der Waals surface area contributed by atoms with E-state index in [4.69, 9.17) is 4.74 Å². The number of benzene rings is 2. The molecule has 1 heterocycles. The highest BCUT2D eigenvalue weighted by Crippen LogP contribution is 2.22. The van der Waals surface area contributed by atoms with Crippen LogP contribution in [0.1, 0.15) is 15.9 Å². The number of nitrogens with zero attached hydrogens (tertiary/aromatic N) is 2. The normalized spacial score (nSPS) is 14.8. The first kappa shape index (κ1) is 19.3. The zero-order valence-corrected chi connectivity index (χ0v) is 15.8. The van der Waals surface area contributed by atoms with Gasteiger partial charge < -0.3 is 9.64 Å². The van der Waals surface area contributed by atoms with E-state index in [1.165, 1.54) is 16.4 Å². The molecule has 0 unspecified atom stereocenters. The molecule has 1 amide bonds. The third-order valence-corrected chi connectivity index (χ3v) is 5.48. The van der Waals surface area contributed by atoms with Crippen molar-refractivity contribution in [1.29, 1.82) is 0 Å². The number of halogens is 1. The van der Waals surface area contributed by atoms with Gasteiger partial charge in [0.05, 0.1) is 31.7 Å². The maximum atomic E-state index is 13.1. The Morgan fingerprint density at radius 1 is 1.07 bits per heavy atom. The van der Waals surface area contributed by atoms with Gasteiger partial charge in [-0.05, 0) is 42.0 Å². The highest BCUT2D eigenvalue weighted by atomic mass is 32.2. The summed E-state index contributed by atoms with van der Waals surface area (Å²) in [6.07, 6.45) is 1.11. The van der Waals surface area contributed by atoms with E-state index in [0.717, 1.165) is 6.26 Å². The number of ether oxygens (including phenoxy) is 1. The zero-order chi connectivity index (χ0) is 19.4. The molecule has 0 radical (unpaired) electrons. The van der Waals surface area contributed by atoms with Crippen LogP contribution in [0.2, 0.25) is 0 Å². The molecule has 1 aliphatic heterocycles. The number of amides is 1. The molecule has 1 aliphatic rings. The Hall–Kier alpha value is -2.45. The molecule has 0 aromatic heterocycles. The number of rotatable bonds is 5. The fraction of sp³-hybridized carbons (Fsp3) is 0.316. The first-order valence-electron chi connectivity index (χ1n) is 8.54. The predicted octanol–water partition coefficient (Wildman–Crippen LogP) is 2.26. The number of sulfonamides is 1. The monoisotopic (exact) mass is 392 g/mol. The minimum atomic E-state index is -3.55. The molecule has 8 heteroatoms. The van der Waals surface area contributed by atoms with Crippen molar-refractivity contribution in [2.75, 3.05) is 36.9 Å². The van der Waals surface area contributed by atoms with E-state index < -0.39 is 10.0 Å². The van der Waals surface area contributed by atoms with Crippen molar-refractivity contribution < 1.29 is 22.3 Å². The summed E-state index contributed by atoms with van der Waals surface area (Å²) >= 11 is 0. The summed E-state index contributed by atoms with van der Waals surface area (Å²) in [5.41, 5.74) is 1.60. The average molecular weight is 392 g/mol. The summed E-state index contributed by atoms with van der Waals surface area (Å²) in [5.74, 6) is -0.482. The van der Waals surface area contributed by atoms with E-state index in [1.54, 1.807) is 41.3 Å². The molecule has 0 saturated carbocycles. The minimum absolute atomic E-state index is 0.0792. The number of anilines is 1. The lowest BCUT2D eigenvalue weighted by atomic mass is 10.1. The summed E-state index contributed by atoms with van der Waals surface area (Å²) < 4.78 is 44.0. The van der Waals surface area contributed by atoms with E-state index in [1.807, 2.05) is 0 Å². The van der Waals surface area contributed by atoms with Gasteiger partial charge in [-0.2, -0.15) is 0 Å². The summed E-state index contributed by atoms with van der Waals surface area (Å²) in [5, 5.41) is 0. The molecule has 144 valence electrons. The maximum Gasteiger partial charge on any atom is 0.254 e. The van der Waals surface area contributed by atoms with Gasteiger partial charge >= 0.3 is 0 Å². The van der Waals surface area contributed by atoms with Gasteiger partial charge in [0.25, 0.3) is 5.91 Å². The van der Waals surface area contributed by atoms with Crippen LogP contribution in [0, 0.1) is 5.82 Å². The predicted molar refractivity (Wildman–Crippen MR) is 101 cm³/mol. The van der Waals surface area contributed by atoms with Crippen LogP contribution in [0.25, 0.3) is 0 Å². The molecule has 6 nitrogen and oxygen atoms in total. The zero-order valence-electron chi connectivity index (χ0n) is 15.0. The second-order valence-corrected chi connectivity index (χ2v) is 8.25. The molecular weight excluding hydrogens is 371 g/mol. The van der Waals surface area contributed by atoms with Crippen molar-refractivity contribution in [3.63, 3.8) is 0 Å². The van der Waals surface area contributed by atoms with E-state index in [-0.39, 0.29) is 18.3 Å². The molecule has 27 heavy (non-hydrogen) atoms. The smallest absolute Gasteiger partial charge is 0.254 e. The Bertz CT molecular complexity index is 892. The Morgan fingerprint density at radius 2 is 1.67 bits per heavy atom.